The van der Waals surface area contributed by atoms with Crippen LogP contribution in [0.4, 0.5) is 8.78 Å². The minimum atomic E-state index is -0.736. The van der Waals surface area contributed by atoms with Crippen LogP contribution in [-0.4, -0.2) is 4.98 Å². The molecule has 0 amide bonds. The van der Waals surface area contributed by atoms with E-state index < -0.39 is 11.6 Å². The second kappa shape index (κ2) is 3.71. The lowest BCUT2D eigenvalue weighted by Gasteiger charge is -2.02. The number of hydrogen-bond donors (Lipinski definition) is 0. The van der Waals surface area contributed by atoms with Gasteiger partial charge in [0.1, 0.15) is 5.82 Å². The zero-order valence-electron chi connectivity index (χ0n) is 6.91. The molecular weight excluding hydrogens is 208 g/mol. The molecule has 1 heterocycles. The number of hydrogen-bond acceptors (Lipinski definition) is 3. The van der Waals surface area contributed by atoms with E-state index in [0.29, 0.717) is 5.19 Å². The summed E-state index contributed by atoms with van der Waals surface area (Å²) in [4.78, 5) is 3.81. The van der Waals surface area contributed by atoms with Gasteiger partial charge >= 0.3 is 0 Å². The molecule has 0 N–H and O–H groups in total. The number of thiazole rings is 1. The van der Waals surface area contributed by atoms with Crippen LogP contribution in [0.25, 0.3) is 0 Å². The molecule has 0 saturated carbocycles. The standard InChI is InChI=1S/C9H5F2NOS/c10-6-1-2-8(7(11)5-6)13-9-12-3-4-14-9/h1-5H. The Morgan fingerprint density at radius 1 is 1.29 bits per heavy atom. The topological polar surface area (TPSA) is 22.1 Å². The second-order valence-corrected chi connectivity index (χ2v) is 3.33. The summed E-state index contributed by atoms with van der Waals surface area (Å²) in [5.74, 6) is -1.39. The number of aromatic nitrogens is 1. The summed E-state index contributed by atoms with van der Waals surface area (Å²) in [5.41, 5.74) is 0. The van der Waals surface area contributed by atoms with Gasteiger partial charge in [0, 0.05) is 17.6 Å². The third-order valence-electron chi connectivity index (χ3n) is 1.50. The van der Waals surface area contributed by atoms with Crippen molar-refractivity contribution in [2.75, 3.05) is 0 Å². The van der Waals surface area contributed by atoms with Gasteiger partial charge in [-0.15, -0.1) is 0 Å². The van der Waals surface area contributed by atoms with Crippen LogP contribution in [-0.2, 0) is 0 Å². The molecule has 0 aliphatic carbocycles. The van der Waals surface area contributed by atoms with Gasteiger partial charge < -0.3 is 4.74 Å². The van der Waals surface area contributed by atoms with Gasteiger partial charge in [0.15, 0.2) is 11.6 Å². The average Bonchev–Trinajstić information content (AvgIpc) is 2.62. The lowest BCUT2D eigenvalue weighted by atomic mass is 10.3. The molecule has 0 unspecified atom stereocenters. The first-order valence-electron chi connectivity index (χ1n) is 3.78. The second-order valence-electron chi connectivity index (χ2n) is 2.47. The minimum Gasteiger partial charge on any atom is -0.428 e. The van der Waals surface area contributed by atoms with E-state index >= 15 is 0 Å². The smallest absolute Gasteiger partial charge is 0.278 e. The van der Waals surface area contributed by atoms with Crippen molar-refractivity contribution in [1.82, 2.24) is 4.98 Å². The molecule has 0 spiro atoms. The van der Waals surface area contributed by atoms with Gasteiger partial charge in [0.25, 0.3) is 5.19 Å². The highest BCUT2D eigenvalue weighted by atomic mass is 32.1. The highest BCUT2D eigenvalue weighted by molar-refractivity contribution is 7.11. The Labute approximate surface area is 82.8 Å². The molecule has 0 radical (unpaired) electrons. The van der Waals surface area contributed by atoms with Gasteiger partial charge in [0.05, 0.1) is 0 Å². The Morgan fingerprint density at radius 3 is 2.79 bits per heavy atom. The average molecular weight is 213 g/mol. The van der Waals surface area contributed by atoms with Gasteiger partial charge in [-0.05, 0) is 12.1 Å². The maximum Gasteiger partial charge on any atom is 0.278 e. The van der Waals surface area contributed by atoms with Crippen molar-refractivity contribution >= 4 is 11.3 Å². The number of benzene rings is 1. The van der Waals surface area contributed by atoms with Crippen molar-refractivity contribution < 1.29 is 13.5 Å². The Hall–Kier alpha value is -1.49. The molecule has 0 saturated heterocycles. The highest BCUT2D eigenvalue weighted by Gasteiger charge is 2.06. The van der Waals surface area contributed by atoms with Crippen molar-refractivity contribution in [3.05, 3.63) is 41.4 Å². The van der Waals surface area contributed by atoms with Crippen molar-refractivity contribution in [3.63, 3.8) is 0 Å². The fraction of sp³-hybridized carbons (Fsp3) is 0. The number of nitrogens with zero attached hydrogens (tertiary/aromatic N) is 1. The third-order valence-corrected chi connectivity index (χ3v) is 2.15. The van der Waals surface area contributed by atoms with E-state index in [2.05, 4.69) is 4.98 Å². The van der Waals surface area contributed by atoms with E-state index in [0.717, 1.165) is 12.1 Å². The lowest BCUT2D eigenvalue weighted by molar-refractivity contribution is 0.435. The minimum absolute atomic E-state index is 0.0265. The molecule has 2 aromatic rings. The Bertz CT molecular complexity index is 430. The van der Waals surface area contributed by atoms with Gasteiger partial charge in [0.2, 0.25) is 0 Å². The predicted octanol–water partition coefficient (Wildman–Crippen LogP) is 3.21. The van der Waals surface area contributed by atoms with E-state index in [-0.39, 0.29) is 5.75 Å². The molecule has 1 aromatic heterocycles. The molecule has 0 bridgehead atoms. The van der Waals surface area contributed by atoms with Crippen LogP contribution in [0.1, 0.15) is 0 Å². The normalized spacial score (nSPS) is 10.1. The van der Waals surface area contributed by atoms with Crippen LogP contribution in [0.15, 0.2) is 29.8 Å². The molecule has 5 heteroatoms. The summed E-state index contributed by atoms with van der Waals surface area (Å²) < 4.78 is 30.6. The summed E-state index contributed by atoms with van der Waals surface area (Å²) in [7, 11) is 0. The Balaban J connectivity index is 2.25. The first kappa shape index (κ1) is 9.08. The zero-order valence-corrected chi connectivity index (χ0v) is 7.72. The molecule has 0 aliphatic rings. The van der Waals surface area contributed by atoms with E-state index in [9.17, 15) is 8.78 Å². The van der Waals surface area contributed by atoms with Crippen molar-refractivity contribution in [3.8, 4) is 10.9 Å². The Morgan fingerprint density at radius 2 is 2.14 bits per heavy atom. The summed E-state index contributed by atoms with van der Waals surface area (Å²) in [5, 5.41) is 2.03. The number of ether oxygens (including phenoxy) is 1. The number of rotatable bonds is 2. The fourth-order valence-electron chi connectivity index (χ4n) is 0.913. The predicted molar refractivity (Wildman–Crippen MR) is 48.5 cm³/mol. The van der Waals surface area contributed by atoms with Gasteiger partial charge in [-0.2, -0.15) is 0 Å². The first-order valence-corrected chi connectivity index (χ1v) is 4.66. The van der Waals surface area contributed by atoms with Gasteiger partial charge in [-0.1, -0.05) is 11.3 Å². The van der Waals surface area contributed by atoms with Crippen LogP contribution >= 0.6 is 11.3 Å². The molecule has 2 nitrogen and oxygen atoms in total. The van der Waals surface area contributed by atoms with Crippen molar-refractivity contribution in [2.24, 2.45) is 0 Å². The van der Waals surface area contributed by atoms with Crippen LogP contribution in [0.2, 0.25) is 0 Å². The molecule has 0 aliphatic heterocycles. The molecular formula is C9H5F2NOS. The molecule has 14 heavy (non-hydrogen) atoms. The fourth-order valence-corrected chi connectivity index (χ4v) is 1.41. The third kappa shape index (κ3) is 1.88. The summed E-state index contributed by atoms with van der Waals surface area (Å²) in [6.45, 7) is 0. The molecule has 1 aromatic carbocycles. The van der Waals surface area contributed by atoms with Gasteiger partial charge in [-0.25, -0.2) is 13.8 Å². The quantitative estimate of drug-likeness (QED) is 0.764. The first-order chi connectivity index (χ1) is 6.75. The SMILES string of the molecule is Fc1ccc(Oc2nccs2)c(F)c1. The lowest BCUT2D eigenvalue weighted by Crippen LogP contribution is -1.88. The largest absolute Gasteiger partial charge is 0.428 e. The van der Waals surface area contributed by atoms with E-state index in [1.165, 1.54) is 17.4 Å². The zero-order chi connectivity index (χ0) is 9.97. The summed E-state index contributed by atoms with van der Waals surface area (Å²) >= 11 is 1.24. The van der Waals surface area contributed by atoms with E-state index in [1.54, 1.807) is 11.6 Å². The van der Waals surface area contributed by atoms with E-state index in [1.807, 2.05) is 0 Å². The monoisotopic (exact) mass is 213 g/mol. The molecule has 0 fully saturated rings. The highest BCUT2D eigenvalue weighted by Crippen LogP contribution is 2.25. The van der Waals surface area contributed by atoms with Crippen LogP contribution in [0.5, 0.6) is 10.9 Å². The maximum atomic E-state index is 13.1. The van der Waals surface area contributed by atoms with Crippen LogP contribution in [0.3, 0.4) is 0 Å². The molecule has 72 valence electrons. The maximum absolute atomic E-state index is 13.1. The molecule has 2 rings (SSSR count). The van der Waals surface area contributed by atoms with Crippen molar-refractivity contribution in [2.45, 2.75) is 0 Å². The van der Waals surface area contributed by atoms with E-state index in [4.69, 9.17) is 4.74 Å². The Kier molecular flexibility index (Phi) is 2.41. The summed E-state index contributed by atoms with van der Waals surface area (Å²) in [6, 6.07) is 3.13. The van der Waals surface area contributed by atoms with Gasteiger partial charge in [-0.3, -0.25) is 0 Å². The molecule has 0 atom stereocenters. The number of halogens is 2. The van der Waals surface area contributed by atoms with Crippen LogP contribution in [0, 0.1) is 11.6 Å². The van der Waals surface area contributed by atoms with Crippen molar-refractivity contribution in [1.29, 1.82) is 0 Å². The summed E-state index contributed by atoms with van der Waals surface area (Å²) in [6.07, 6.45) is 1.54. The van der Waals surface area contributed by atoms with Crippen LogP contribution < -0.4 is 4.74 Å².